The highest BCUT2D eigenvalue weighted by molar-refractivity contribution is 8.00. The third kappa shape index (κ3) is 3.22. The van der Waals surface area contributed by atoms with Crippen molar-refractivity contribution in [1.29, 1.82) is 0 Å². The molecule has 0 radical (unpaired) electrons. The molecule has 1 aromatic carbocycles. The van der Waals surface area contributed by atoms with Crippen LogP contribution < -0.4 is 0 Å². The highest BCUT2D eigenvalue weighted by atomic mass is 35.5. The molecule has 0 N–H and O–H groups in total. The van der Waals surface area contributed by atoms with E-state index in [9.17, 15) is 9.59 Å². The molecule has 0 aromatic heterocycles. The van der Waals surface area contributed by atoms with E-state index < -0.39 is 5.38 Å². The van der Waals surface area contributed by atoms with Gasteiger partial charge in [0.1, 0.15) is 5.38 Å². The number of hydrogen-bond acceptors (Lipinski definition) is 3. The van der Waals surface area contributed by atoms with Gasteiger partial charge in [0.15, 0.2) is 0 Å². The molecule has 2 aliphatic rings. The number of benzene rings is 1. The van der Waals surface area contributed by atoms with E-state index in [4.69, 9.17) is 11.6 Å². The molecule has 124 valence electrons. The fourth-order valence-corrected chi connectivity index (χ4v) is 4.97. The van der Waals surface area contributed by atoms with Crippen LogP contribution in [0, 0.1) is 0 Å². The van der Waals surface area contributed by atoms with Crippen LogP contribution in [0.2, 0.25) is 0 Å². The second-order valence-corrected chi connectivity index (χ2v) is 8.17. The molecule has 23 heavy (non-hydrogen) atoms. The Morgan fingerprint density at radius 2 is 1.83 bits per heavy atom. The van der Waals surface area contributed by atoms with Crippen molar-refractivity contribution in [2.45, 2.75) is 30.0 Å². The molecule has 2 heterocycles. The number of likely N-dealkylation sites (tertiary alicyclic amines) is 1. The van der Waals surface area contributed by atoms with E-state index in [2.05, 4.69) is 0 Å². The summed E-state index contributed by atoms with van der Waals surface area (Å²) in [5, 5.41) is -0.484. The van der Waals surface area contributed by atoms with Crippen LogP contribution in [0.3, 0.4) is 0 Å². The molecule has 2 aliphatic heterocycles. The molecule has 6 heteroatoms. The third-order valence-electron chi connectivity index (χ3n) is 4.64. The molecule has 0 aliphatic carbocycles. The molecular weight excluding hydrogens is 332 g/mol. The molecule has 1 unspecified atom stereocenters. The maximum Gasteiger partial charge on any atom is 0.254 e. The predicted molar refractivity (Wildman–Crippen MR) is 93.8 cm³/mol. The van der Waals surface area contributed by atoms with Crippen molar-refractivity contribution in [3.8, 4) is 0 Å². The molecule has 2 amide bonds. The van der Waals surface area contributed by atoms with E-state index in [1.54, 1.807) is 6.92 Å². The average molecular weight is 353 g/mol. The van der Waals surface area contributed by atoms with Crippen molar-refractivity contribution in [1.82, 2.24) is 9.80 Å². The van der Waals surface area contributed by atoms with Gasteiger partial charge < -0.3 is 9.80 Å². The van der Waals surface area contributed by atoms with Crippen molar-refractivity contribution in [3.63, 3.8) is 0 Å². The zero-order chi connectivity index (χ0) is 16.4. The maximum absolute atomic E-state index is 12.9. The molecule has 1 atom stereocenters. The zero-order valence-corrected chi connectivity index (χ0v) is 14.8. The van der Waals surface area contributed by atoms with Crippen molar-refractivity contribution in [2.24, 2.45) is 0 Å². The lowest BCUT2D eigenvalue weighted by molar-refractivity contribution is -0.132. The molecule has 2 fully saturated rings. The summed E-state index contributed by atoms with van der Waals surface area (Å²) in [6, 6.07) is 9.45. The zero-order valence-electron chi connectivity index (χ0n) is 13.2. The minimum Gasteiger partial charge on any atom is -0.341 e. The summed E-state index contributed by atoms with van der Waals surface area (Å²) >= 11 is 7.76. The van der Waals surface area contributed by atoms with Gasteiger partial charge in [-0.3, -0.25) is 9.59 Å². The number of thioether (sulfide) groups is 1. The Kier molecular flexibility index (Phi) is 4.87. The molecule has 2 saturated heterocycles. The van der Waals surface area contributed by atoms with Crippen molar-refractivity contribution < 1.29 is 9.59 Å². The Labute approximate surface area is 146 Å². The first-order valence-electron chi connectivity index (χ1n) is 7.97. The molecule has 3 rings (SSSR count). The number of piperidine rings is 1. The minimum atomic E-state index is -0.484. The van der Waals surface area contributed by atoms with Gasteiger partial charge in [0.05, 0.1) is 4.87 Å². The van der Waals surface area contributed by atoms with Crippen molar-refractivity contribution in [2.75, 3.05) is 25.4 Å². The summed E-state index contributed by atoms with van der Waals surface area (Å²) < 4.78 is 0. The Bertz CT molecular complexity index is 586. The van der Waals surface area contributed by atoms with E-state index >= 15 is 0 Å². The van der Waals surface area contributed by atoms with Crippen LogP contribution in [0.5, 0.6) is 0 Å². The van der Waals surface area contributed by atoms with Crippen LogP contribution in [-0.4, -0.2) is 57.2 Å². The van der Waals surface area contributed by atoms with E-state index in [1.807, 2.05) is 51.9 Å². The fraction of sp³-hybridized carbons (Fsp3) is 0.529. The molecular formula is C17H21ClN2O2S. The van der Waals surface area contributed by atoms with Crippen LogP contribution in [-0.2, 0) is 4.79 Å². The van der Waals surface area contributed by atoms with Crippen LogP contribution in [0.15, 0.2) is 30.3 Å². The Morgan fingerprint density at radius 1 is 1.17 bits per heavy atom. The number of alkyl halides is 1. The van der Waals surface area contributed by atoms with E-state index in [0.717, 1.165) is 30.7 Å². The molecule has 4 nitrogen and oxygen atoms in total. The van der Waals surface area contributed by atoms with Crippen LogP contribution >= 0.6 is 23.4 Å². The number of carbonyl (C=O) groups excluding carboxylic acids is 2. The molecule has 0 saturated carbocycles. The number of rotatable bonds is 2. The number of amides is 2. The smallest absolute Gasteiger partial charge is 0.254 e. The quantitative estimate of drug-likeness (QED) is 0.768. The first kappa shape index (κ1) is 16.7. The van der Waals surface area contributed by atoms with Crippen LogP contribution in [0.4, 0.5) is 0 Å². The second-order valence-electron chi connectivity index (χ2n) is 6.06. The number of halogens is 1. The summed E-state index contributed by atoms with van der Waals surface area (Å²) in [5.41, 5.74) is 0.738. The Balaban J connectivity index is 1.72. The first-order chi connectivity index (χ1) is 11.0. The largest absolute Gasteiger partial charge is 0.341 e. The highest BCUT2D eigenvalue weighted by Crippen LogP contribution is 2.44. The summed E-state index contributed by atoms with van der Waals surface area (Å²) in [7, 11) is 0. The third-order valence-corrected chi connectivity index (χ3v) is 6.38. The van der Waals surface area contributed by atoms with Gasteiger partial charge in [0.25, 0.3) is 5.91 Å². The lowest BCUT2D eigenvalue weighted by Crippen LogP contribution is -2.54. The monoisotopic (exact) mass is 352 g/mol. The van der Waals surface area contributed by atoms with E-state index in [-0.39, 0.29) is 16.7 Å². The Hall–Kier alpha value is -1.20. The van der Waals surface area contributed by atoms with Gasteiger partial charge in [-0.05, 0) is 31.9 Å². The van der Waals surface area contributed by atoms with Crippen LogP contribution in [0.25, 0.3) is 0 Å². The fourth-order valence-electron chi connectivity index (χ4n) is 3.37. The standard InChI is InChI=1S/C17H21ClN2O2S/c1-13(18)15(21)19-9-7-17(8-10-19)20(11-12-23-17)16(22)14-5-3-2-4-6-14/h2-6,13H,7-12H2,1H3. The van der Waals surface area contributed by atoms with E-state index in [0.29, 0.717) is 13.1 Å². The van der Waals surface area contributed by atoms with Crippen molar-refractivity contribution >= 4 is 35.2 Å². The van der Waals surface area contributed by atoms with Gasteiger partial charge in [0, 0.05) is 31.0 Å². The van der Waals surface area contributed by atoms with Crippen LogP contribution in [0.1, 0.15) is 30.1 Å². The summed E-state index contributed by atoms with van der Waals surface area (Å²) in [6.45, 7) is 3.82. The second kappa shape index (κ2) is 6.73. The van der Waals surface area contributed by atoms with Gasteiger partial charge in [-0.15, -0.1) is 23.4 Å². The van der Waals surface area contributed by atoms with Gasteiger partial charge >= 0.3 is 0 Å². The lowest BCUT2D eigenvalue weighted by Gasteiger charge is -2.44. The average Bonchev–Trinajstić information content (AvgIpc) is 2.98. The van der Waals surface area contributed by atoms with Gasteiger partial charge in [-0.1, -0.05) is 18.2 Å². The molecule has 1 spiro atoms. The minimum absolute atomic E-state index is 0.00884. The normalized spacial score (nSPS) is 21.5. The van der Waals surface area contributed by atoms with Crippen molar-refractivity contribution in [3.05, 3.63) is 35.9 Å². The summed E-state index contributed by atoms with van der Waals surface area (Å²) in [5.74, 6) is 1.05. The van der Waals surface area contributed by atoms with Gasteiger partial charge in [-0.25, -0.2) is 0 Å². The summed E-state index contributed by atoms with van der Waals surface area (Å²) in [4.78, 5) is 28.6. The topological polar surface area (TPSA) is 40.6 Å². The maximum atomic E-state index is 12.9. The predicted octanol–water partition coefficient (Wildman–Crippen LogP) is 2.82. The number of hydrogen-bond donors (Lipinski definition) is 0. The summed E-state index contributed by atoms with van der Waals surface area (Å²) in [6.07, 6.45) is 1.62. The lowest BCUT2D eigenvalue weighted by atomic mass is 10.0. The number of nitrogens with zero attached hydrogens (tertiary/aromatic N) is 2. The Morgan fingerprint density at radius 3 is 2.43 bits per heavy atom. The highest BCUT2D eigenvalue weighted by Gasteiger charge is 2.47. The molecule has 1 aromatic rings. The van der Waals surface area contributed by atoms with E-state index in [1.165, 1.54) is 0 Å². The SMILES string of the molecule is CC(Cl)C(=O)N1CCC2(CC1)SCCN2C(=O)c1ccccc1. The first-order valence-corrected chi connectivity index (χ1v) is 9.39. The van der Waals surface area contributed by atoms with Gasteiger partial charge in [0.2, 0.25) is 5.91 Å². The van der Waals surface area contributed by atoms with Gasteiger partial charge in [-0.2, -0.15) is 0 Å². The number of carbonyl (C=O) groups is 2. The molecule has 0 bridgehead atoms.